The molecule has 4 rings (SSSR count). The van der Waals surface area contributed by atoms with Gasteiger partial charge < -0.3 is 15.1 Å². The van der Waals surface area contributed by atoms with Gasteiger partial charge in [0.05, 0.1) is 23.0 Å². The fourth-order valence-corrected chi connectivity index (χ4v) is 4.17. The number of hydrogen-bond donors (Lipinski definition) is 1. The van der Waals surface area contributed by atoms with E-state index in [9.17, 15) is 35.9 Å². The van der Waals surface area contributed by atoms with E-state index >= 15 is 0 Å². The van der Waals surface area contributed by atoms with E-state index in [4.69, 9.17) is 0 Å². The molecule has 0 spiro atoms. The number of hydrogen-bond acceptors (Lipinski definition) is 4. The topological polar surface area (TPSA) is 65.5 Å². The molecule has 12 heteroatoms. The first-order valence-corrected chi connectivity index (χ1v) is 11.5. The molecule has 0 radical (unpaired) electrons. The smallest absolute Gasteiger partial charge is 0.367 e. The quantitative estimate of drug-likeness (QED) is 0.461. The van der Waals surface area contributed by atoms with Crippen LogP contribution in [0.5, 0.6) is 0 Å². The Kier molecular flexibility index (Phi) is 7.61. The summed E-state index contributed by atoms with van der Waals surface area (Å²) >= 11 is 0. The molecule has 1 aliphatic heterocycles. The molecule has 1 unspecified atom stereocenters. The van der Waals surface area contributed by atoms with E-state index in [0.29, 0.717) is 5.69 Å². The third-order valence-corrected chi connectivity index (χ3v) is 6.11. The maximum atomic E-state index is 13.5. The van der Waals surface area contributed by atoms with Gasteiger partial charge in [0, 0.05) is 26.2 Å². The van der Waals surface area contributed by atoms with Crippen molar-refractivity contribution in [3.8, 4) is 0 Å². The fraction of sp³-hybridized carbons (Fsp3) is 0.269. The summed E-state index contributed by atoms with van der Waals surface area (Å²) in [6.07, 6.45) is -8.04. The summed E-state index contributed by atoms with van der Waals surface area (Å²) in [7, 11) is 0. The molecule has 1 saturated heterocycles. The first-order chi connectivity index (χ1) is 17.9. The number of rotatable bonds is 5. The number of pyridine rings is 1. The predicted octanol–water partition coefficient (Wildman–Crippen LogP) is 5.10. The molecule has 1 aliphatic rings. The molecule has 38 heavy (non-hydrogen) atoms. The van der Waals surface area contributed by atoms with E-state index in [0.717, 1.165) is 12.1 Å². The van der Waals surface area contributed by atoms with Gasteiger partial charge in [-0.05, 0) is 29.8 Å². The molecule has 0 bridgehead atoms. The number of nitrogens with zero attached hydrogens (tertiary/aromatic N) is 3. The monoisotopic (exact) mass is 536 g/mol. The number of aromatic nitrogens is 1. The van der Waals surface area contributed by atoms with Crippen LogP contribution < -0.4 is 10.2 Å². The van der Waals surface area contributed by atoms with Crippen LogP contribution in [0, 0.1) is 0 Å². The van der Waals surface area contributed by atoms with Crippen molar-refractivity contribution in [3.05, 3.63) is 95.3 Å². The molecule has 1 atom stereocenters. The van der Waals surface area contributed by atoms with Crippen molar-refractivity contribution >= 4 is 17.5 Å². The summed E-state index contributed by atoms with van der Waals surface area (Å²) in [6.45, 7) is 0.879. The van der Waals surface area contributed by atoms with Gasteiger partial charge >= 0.3 is 12.4 Å². The molecule has 0 saturated carbocycles. The van der Waals surface area contributed by atoms with Gasteiger partial charge in [0.2, 0.25) is 0 Å². The molecule has 2 amide bonds. The van der Waals surface area contributed by atoms with Crippen LogP contribution in [-0.4, -0.2) is 54.1 Å². The third kappa shape index (κ3) is 6.06. The zero-order valence-corrected chi connectivity index (χ0v) is 19.8. The van der Waals surface area contributed by atoms with Crippen molar-refractivity contribution in [2.45, 2.75) is 18.4 Å². The van der Waals surface area contributed by atoms with Crippen LogP contribution in [0.3, 0.4) is 0 Å². The minimum absolute atomic E-state index is 0.116. The Morgan fingerprint density at radius 3 is 2.03 bits per heavy atom. The van der Waals surface area contributed by atoms with Crippen LogP contribution in [0.4, 0.5) is 32.0 Å². The first-order valence-electron chi connectivity index (χ1n) is 11.5. The highest BCUT2D eigenvalue weighted by atomic mass is 19.4. The molecule has 6 nitrogen and oxygen atoms in total. The maximum Gasteiger partial charge on any atom is 0.417 e. The van der Waals surface area contributed by atoms with Gasteiger partial charge in [-0.3, -0.25) is 9.59 Å². The molecule has 1 N–H and O–H groups in total. The van der Waals surface area contributed by atoms with Gasteiger partial charge in [0.15, 0.2) is 6.04 Å². The molecule has 1 fully saturated rings. The number of amides is 2. The van der Waals surface area contributed by atoms with Crippen molar-refractivity contribution < 1.29 is 35.9 Å². The summed E-state index contributed by atoms with van der Waals surface area (Å²) in [5, 5.41) is 1.97. The Morgan fingerprint density at radius 2 is 1.45 bits per heavy atom. The van der Waals surface area contributed by atoms with Crippen molar-refractivity contribution in [1.29, 1.82) is 0 Å². The third-order valence-electron chi connectivity index (χ3n) is 6.11. The molecular formula is C26H22F6N4O2. The SMILES string of the molecule is O=C(NC(c1ccccc1)C(F)(F)F)c1ccc(N2CCN(C(=O)c3ccccc3C(F)(F)F)CC2)cn1. The van der Waals surface area contributed by atoms with Crippen LogP contribution >= 0.6 is 0 Å². The van der Waals surface area contributed by atoms with E-state index in [2.05, 4.69) is 4.98 Å². The zero-order valence-electron chi connectivity index (χ0n) is 19.8. The van der Waals surface area contributed by atoms with E-state index in [-0.39, 0.29) is 37.4 Å². The van der Waals surface area contributed by atoms with E-state index in [1.807, 2.05) is 10.2 Å². The average molecular weight is 536 g/mol. The van der Waals surface area contributed by atoms with E-state index < -0.39 is 41.3 Å². The van der Waals surface area contributed by atoms with Crippen molar-refractivity contribution in [1.82, 2.24) is 15.2 Å². The van der Waals surface area contributed by atoms with Crippen LogP contribution in [-0.2, 0) is 6.18 Å². The number of carbonyl (C=O) groups excluding carboxylic acids is 2. The average Bonchev–Trinajstić information content (AvgIpc) is 2.91. The lowest BCUT2D eigenvalue weighted by Gasteiger charge is -2.36. The van der Waals surface area contributed by atoms with E-state index in [1.54, 1.807) is 6.07 Å². The second-order valence-corrected chi connectivity index (χ2v) is 8.58. The van der Waals surface area contributed by atoms with Crippen molar-refractivity contribution in [2.24, 2.45) is 0 Å². The number of halogens is 6. The first kappa shape index (κ1) is 27.0. The highest BCUT2D eigenvalue weighted by Gasteiger charge is 2.42. The van der Waals surface area contributed by atoms with Crippen LogP contribution in [0.2, 0.25) is 0 Å². The Morgan fingerprint density at radius 1 is 0.816 bits per heavy atom. The van der Waals surface area contributed by atoms with Crippen molar-refractivity contribution in [2.75, 3.05) is 31.1 Å². The standard InChI is InChI=1S/C26H22F6N4O2/c27-25(28,29)20-9-5-4-8-19(20)24(38)36-14-12-35(13-15-36)18-10-11-21(33-16-18)23(37)34-22(26(30,31)32)17-6-2-1-3-7-17/h1-11,16,22H,12-15H2,(H,34,37). The van der Waals surface area contributed by atoms with Gasteiger partial charge in [0.25, 0.3) is 11.8 Å². The molecule has 2 heterocycles. The number of nitrogens with one attached hydrogen (secondary N) is 1. The molecule has 1 aromatic heterocycles. The number of benzene rings is 2. The lowest BCUT2D eigenvalue weighted by molar-refractivity contribution is -0.155. The van der Waals surface area contributed by atoms with Gasteiger partial charge in [-0.2, -0.15) is 26.3 Å². The lowest BCUT2D eigenvalue weighted by Crippen LogP contribution is -2.49. The maximum absolute atomic E-state index is 13.5. The number of piperazine rings is 1. The molecule has 3 aromatic rings. The summed E-state index contributed by atoms with van der Waals surface area (Å²) in [5.74, 6) is -1.72. The summed E-state index contributed by atoms with van der Waals surface area (Å²) in [4.78, 5) is 32.4. The highest BCUT2D eigenvalue weighted by molar-refractivity contribution is 5.96. The van der Waals surface area contributed by atoms with Gasteiger partial charge in [-0.15, -0.1) is 0 Å². The van der Waals surface area contributed by atoms with Gasteiger partial charge in [-0.1, -0.05) is 42.5 Å². The van der Waals surface area contributed by atoms with E-state index in [1.165, 1.54) is 59.6 Å². The lowest BCUT2D eigenvalue weighted by atomic mass is 10.1. The minimum atomic E-state index is -4.71. The largest absolute Gasteiger partial charge is 0.417 e. The second kappa shape index (κ2) is 10.7. The fourth-order valence-electron chi connectivity index (χ4n) is 4.17. The summed E-state index contributed by atoms with van der Waals surface area (Å²) < 4.78 is 80.5. The minimum Gasteiger partial charge on any atom is -0.367 e. The normalized spacial score (nSPS) is 15.2. The molecular weight excluding hydrogens is 514 g/mol. The molecule has 2 aromatic carbocycles. The predicted molar refractivity (Wildman–Crippen MR) is 127 cm³/mol. The summed E-state index contributed by atoms with van der Waals surface area (Å²) in [5.41, 5.74) is -1.19. The number of alkyl halides is 6. The van der Waals surface area contributed by atoms with Crippen LogP contribution in [0.15, 0.2) is 72.9 Å². The Bertz CT molecular complexity index is 1270. The summed E-state index contributed by atoms with van der Waals surface area (Å²) in [6, 6.07) is 12.2. The number of carbonyl (C=O) groups is 2. The Balaban J connectivity index is 1.39. The Labute approximate surface area is 213 Å². The van der Waals surface area contributed by atoms with Crippen LogP contribution in [0.1, 0.15) is 38.0 Å². The highest BCUT2D eigenvalue weighted by Crippen LogP contribution is 2.34. The van der Waals surface area contributed by atoms with Crippen molar-refractivity contribution in [3.63, 3.8) is 0 Å². The zero-order chi connectivity index (χ0) is 27.5. The van der Waals surface area contributed by atoms with Crippen LogP contribution in [0.25, 0.3) is 0 Å². The molecule has 200 valence electrons. The second-order valence-electron chi connectivity index (χ2n) is 8.58. The number of anilines is 1. The van der Waals surface area contributed by atoms with Gasteiger partial charge in [-0.25, -0.2) is 4.98 Å². The molecule has 0 aliphatic carbocycles. The van der Waals surface area contributed by atoms with Gasteiger partial charge in [0.1, 0.15) is 5.69 Å². The Hall–Kier alpha value is -4.09.